The number of hydrogen-bond acceptors (Lipinski definition) is 7. The molecule has 1 aliphatic rings. The van der Waals surface area contributed by atoms with Crippen molar-refractivity contribution in [3.63, 3.8) is 0 Å². The van der Waals surface area contributed by atoms with Crippen LogP contribution in [-0.4, -0.2) is 44.2 Å². The van der Waals surface area contributed by atoms with E-state index in [9.17, 15) is 14.4 Å². The van der Waals surface area contributed by atoms with Crippen LogP contribution in [0.1, 0.15) is 23.2 Å². The number of rotatable bonds is 5. The van der Waals surface area contributed by atoms with E-state index in [1.54, 1.807) is 0 Å². The van der Waals surface area contributed by atoms with E-state index in [1.807, 2.05) is 0 Å². The molecule has 1 aromatic rings. The van der Waals surface area contributed by atoms with Crippen molar-refractivity contribution < 1.29 is 33.4 Å². The summed E-state index contributed by atoms with van der Waals surface area (Å²) in [5, 5.41) is 0.478. The lowest BCUT2D eigenvalue weighted by molar-refractivity contribution is -0.172. The van der Waals surface area contributed by atoms with E-state index in [-0.39, 0.29) is 29.9 Å². The second-order valence-electron chi connectivity index (χ2n) is 4.37. The molecule has 2 rings (SSSR count). The molecule has 22 heavy (non-hydrogen) atoms. The van der Waals surface area contributed by atoms with Gasteiger partial charge in [-0.05, 0) is 12.1 Å². The largest absolute Gasteiger partial charge is 0.493 e. The number of amides is 2. The lowest BCUT2D eigenvalue weighted by Crippen LogP contribution is -2.32. The zero-order chi connectivity index (χ0) is 16.3. The second-order valence-corrected chi connectivity index (χ2v) is 4.37. The Labute approximate surface area is 126 Å². The Hall–Kier alpha value is -2.77. The van der Waals surface area contributed by atoms with Crippen LogP contribution in [0.5, 0.6) is 17.2 Å². The lowest BCUT2D eigenvalue weighted by Gasteiger charge is -2.15. The van der Waals surface area contributed by atoms with Crippen LogP contribution >= 0.6 is 0 Å². The van der Waals surface area contributed by atoms with Crippen LogP contribution in [0.4, 0.5) is 0 Å². The molecule has 0 unspecified atom stereocenters. The number of carbonyl (C=O) groups excluding carboxylic acids is 3. The predicted molar refractivity (Wildman–Crippen MR) is 72.6 cm³/mol. The molecule has 1 heterocycles. The Morgan fingerprint density at radius 3 is 1.86 bits per heavy atom. The first-order valence-electron chi connectivity index (χ1n) is 6.40. The van der Waals surface area contributed by atoms with Crippen molar-refractivity contribution in [3.8, 4) is 17.2 Å². The van der Waals surface area contributed by atoms with Gasteiger partial charge in [0.15, 0.2) is 11.5 Å². The average Bonchev–Trinajstić information content (AvgIpc) is 2.85. The number of imide groups is 1. The van der Waals surface area contributed by atoms with Crippen LogP contribution in [0, 0.1) is 0 Å². The predicted octanol–water partition coefficient (Wildman–Crippen LogP) is 0.933. The zero-order valence-corrected chi connectivity index (χ0v) is 12.4. The molecule has 0 aromatic heterocycles. The number of hydroxylamine groups is 2. The second kappa shape index (κ2) is 6.33. The van der Waals surface area contributed by atoms with Gasteiger partial charge in [-0.3, -0.25) is 9.59 Å². The molecule has 1 saturated heterocycles. The van der Waals surface area contributed by atoms with Gasteiger partial charge < -0.3 is 19.0 Å². The highest BCUT2D eigenvalue weighted by molar-refractivity contribution is 6.02. The zero-order valence-electron chi connectivity index (χ0n) is 12.4. The molecular formula is C14H15NO7. The molecule has 1 aromatic carbocycles. The Bertz CT molecular complexity index is 585. The number of nitrogens with zero attached hydrogens (tertiary/aromatic N) is 1. The van der Waals surface area contributed by atoms with Crippen LogP contribution < -0.4 is 14.2 Å². The minimum Gasteiger partial charge on any atom is -0.493 e. The van der Waals surface area contributed by atoms with Crippen molar-refractivity contribution in [2.75, 3.05) is 21.3 Å². The monoisotopic (exact) mass is 309 g/mol. The molecule has 0 bridgehead atoms. The third-order valence-electron chi connectivity index (χ3n) is 3.08. The van der Waals surface area contributed by atoms with Crippen molar-refractivity contribution in [2.45, 2.75) is 12.8 Å². The summed E-state index contributed by atoms with van der Waals surface area (Å²) >= 11 is 0. The van der Waals surface area contributed by atoms with Crippen molar-refractivity contribution >= 4 is 17.8 Å². The molecule has 0 atom stereocenters. The van der Waals surface area contributed by atoms with Gasteiger partial charge in [-0.15, -0.1) is 5.06 Å². The first-order valence-corrected chi connectivity index (χ1v) is 6.40. The maximum absolute atomic E-state index is 12.1. The van der Waals surface area contributed by atoms with Crippen molar-refractivity contribution in [3.05, 3.63) is 17.7 Å². The van der Waals surface area contributed by atoms with Crippen molar-refractivity contribution in [1.29, 1.82) is 0 Å². The molecule has 2 amide bonds. The van der Waals surface area contributed by atoms with Crippen LogP contribution in [0.25, 0.3) is 0 Å². The third-order valence-corrected chi connectivity index (χ3v) is 3.08. The van der Waals surface area contributed by atoms with Crippen molar-refractivity contribution in [2.24, 2.45) is 0 Å². The standard InChI is InChI=1S/C14H15NO7/c1-19-9-6-8(7-10(20-2)13(9)21-3)14(18)22-15-11(16)4-5-12(15)17/h6-7H,4-5H2,1-3H3. The normalized spacial score (nSPS) is 14.0. The van der Waals surface area contributed by atoms with E-state index in [0.29, 0.717) is 10.8 Å². The van der Waals surface area contributed by atoms with E-state index in [1.165, 1.54) is 33.5 Å². The summed E-state index contributed by atoms with van der Waals surface area (Å²) in [4.78, 5) is 39.9. The molecule has 8 nitrogen and oxygen atoms in total. The molecule has 0 spiro atoms. The van der Waals surface area contributed by atoms with Crippen LogP contribution in [-0.2, 0) is 14.4 Å². The molecular weight excluding hydrogens is 294 g/mol. The molecule has 1 aliphatic heterocycles. The van der Waals surface area contributed by atoms with Crippen molar-refractivity contribution in [1.82, 2.24) is 5.06 Å². The van der Waals surface area contributed by atoms with Crippen LogP contribution in [0.15, 0.2) is 12.1 Å². The molecule has 8 heteroatoms. The minimum atomic E-state index is -0.872. The molecule has 0 saturated carbocycles. The number of benzene rings is 1. The highest BCUT2D eigenvalue weighted by Crippen LogP contribution is 2.38. The summed E-state index contributed by atoms with van der Waals surface area (Å²) in [6.07, 6.45) is 0.0583. The first kappa shape index (κ1) is 15.6. The van der Waals surface area contributed by atoms with Gasteiger partial charge in [0.05, 0.1) is 26.9 Å². The van der Waals surface area contributed by atoms with Gasteiger partial charge in [-0.1, -0.05) is 0 Å². The Kier molecular flexibility index (Phi) is 4.50. The maximum Gasteiger partial charge on any atom is 0.364 e. The molecule has 118 valence electrons. The Morgan fingerprint density at radius 1 is 0.955 bits per heavy atom. The topological polar surface area (TPSA) is 91.4 Å². The molecule has 0 radical (unpaired) electrons. The van der Waals surface area contributed by atoms with E-state index in [4.69, 9.17) is 19.0 Å². The highest BCUT2D eigenvalue weighted by Gasteiger charge is 2.33. The van der Waals surface area contributed by atoms with E-state index in [2.05, 4.69) is 0 Å². The third kappa shape index (κ3) is 2.80. The summed E-state index contributed by atoms with van der Waals surface area (Å²) in [6.45, 7) is 0. The van der Waals surface area contributed by atoms with Gasteiger partial charge in [-0.2, -0.15) is 0 Å². The Balaban J connectivity index is 2.29. The number of hydrogen-bond donors (Lipinski definition) is 0. The lowest BCUT2D eigenvalue weighted by atomic mass is 10.2. The summed E-state index contributed by atoms with van der Waals surface area (Å²) in [5.41, 5.74) is 0.0574. The minimum absolute atomic E-state index is 0.0291. The summed E-state index contributed by atoms with van der Waals surface area (Å²) in [6, 6.07) is 2.74. The fourth-order valence-corrected chi connectivity index (χ4v) is 1.99. The smallest absolute Gasteiger partial charge is 0.364 e. The summed E-state index contributed by atoms with van der Waals surface area (Å²) in [5.74, 6) is -1.14. The van der Waals surface area contributed by atoms with Gasteiger partial charge in [0, 0.05) is 12.8 Å². The average molecular weight is 309 g/mol. The number of ether oxygens (including phenoxy) is 3. The van der Waals surface area contributed by atoms with Gasteiger partial charge in [0.2, 0.25) is 5.75 Å². The van der Waals surface area contributed by atoms with Crippen LogP contribution in [0.2, 0.25) is 0 Å². The molecule has 1 fully saturated rings. The SMILES string of the molecule is COc1cc(C(=O)ON2C(=O)CCC2=O)cc(OC)c1OC. The summed E-state index contributed by atoms with van der Waals surface area (Å²) in [7, 11) is 4.24. The number of carbonyl (C=O) groups is 3. The summed E-state index contributed by atoms with van der Waals surface area (Å²) < 4.78 is 15.4. The van der Waals surface area contributed by atoms with Gasteiger partial charge >= 0.3 is 5.97 Å². The van der Waals surface area contributed by atoms with Gasteiger partial charge in [-0.25, -0.2) is 4.79 Å². The van der Waals surface area contributed by atoms with E-state index < -0.39 is 17.8 Å². The fourth-order valence-electron chi connectivity index (χ4n) is 1.99. The maximum atomic E-state index is 12.1. The number of methoxy groups -OCH3 is 3. The molecule has 0 aliphatic carbocycles. The van der Waals surface area contributed by atoms with E-state index in [0.717, 1.165) is 0 Å². The molecule has 0 N–H and O–H groups in total. The van der Waals surface area contributed by atoms with Crippen LogP contribution in [0.3, 0.4) is 0 Å². The van der Waals surface area contributed by atoms with Gasteiger partial charge in [0.25, 0.3) is 11.8 Å². The highest BCUT2D eigenvalue weighted by atomic mass is 16.7. The van der Waals surface area contributed by atoms with Gasteiger partial charge in [0.1, 0.15) is 0 Å². The Morgan fingerprint density at radius 2 is 1.45 bits per heavy atom. The first-order chi connectivity index (χ1) is 10.5. The van der Waals surface area contributed by atoms with E-state index >= 15 is 0 Å². The fraction of sp³-hybridized carbons (Fsp3) is 0.357. The quantitative estimate of drug-likeness (QED) is 0.747.